The lowest BCUT2D eigenvalue weighted by molar-refractivity contribution is -0.137. The fourth-order valence-electron chi connectivity index (χ4n) is 4.84. The van der Waals surface area contributed by atoms with Gasteiger partial charge in [-0.1, -0.05) is 18.2 Å². The maximum Gasteiger partial charge on any atom is 0.416 e. The van der Waals surface area contributed by atoms with E-state index in [9.17, 15) is 22.8 Å². The second-order valence-electron chi connectivity index (χ2n) is 9.31. The van der Waals surface area contributed by atoms with Crippen LogP contribution in [0.15, 0.2) is 54.6 Å². The van der Waals surface area contributed by atoms with Crippen LogP contribution in [-0.4, -0.2) is 66.4 Å². The number of nitrogens with two attached hydrogens (primary N) is 1. The SMILES string of the molecule is NC1CCN(CC(=O)N(c2ccccc2)C2CCN(C(=O)c3ccc(C(F)(F)F)cc3)CC2)CC1. The summed E-state index contributed by atoms with van der Waals surface area (Å²) in [4.78, 5) is 32.0. The Morgan fingerprint density at radius 3 is 2.06 bits per heavy atom. The quantitative estimate of drug-likeness (QED) is 0.696. The number of anilines is 1. The Morgan fingerprint density at radius 2 is 1.49 bits per heavy atom. The molecule has 0 spiro atoms. The zero-order valence-electron chi connectivity index (χ0n) is 19.6. The van der Waals surface area contributed by atoms with Crippen molar-refractivity contribution in [3.8, 4) is 0 Å². The molecule has 2 fully saturated rings. The van der Waals surface area contributed by atoms with Crippen molar-refractivity contribution in [2.45, 2.75) is 43.9 Å². The van der Waals surface area contributed by atoms with Gasteiger partial charge in [0, 0.05) is 49.5 Å². The molecule has 0 radical (unpaired) electrons. The summed E-state index contributed by atoms with van der Waals surface area (Å²) in [7, 11) is 0. The van der Waals surface area contributed by atoms with Gasteiger partial charge in [0.05, 0.1) is 12.1 Å². The number of nitrogens with zero attached hydrogens (tertiary/aromatic N) is 3. The standard InChI is InChI=1S/C26H31F3N4O2/c27-26(28,29)20-8-6-19(7-9-20)25(35)32-16-12-23(13-17-32)33(22-4-2-1-3-5-22)24(34)18-31-14-10-21(30)11-15-31/h1-9,21,23H,10-18,30H2. The van der Waals surface area contributed by atoms with E-state index in [1.807, 2.05) is 35.2 Å². The lowest BCUT2D eigenvalue weighted by Crippen LogP contribution is -2.52. The minimum absolute atomic E-state index is 0.0270. The Kier molecular flexibility index (Phi) is 7.76. The van der Waals surface area contributed by atoms with Crippen LogP contribution in [0.25, 0.3) is 0 Å². The van der Waals surface area contributed by atoms with Crippen LogP contribution < -0.4 is 10.6 Å². The maximum atomic E-state index is 13.4. The normalized spacial score (nSPS) is 18.5. The molecule has 2 N–H and O–H groups in total. The summed E-state index contributed by atoms with van der Waals surface area (Å²) in [6.07, 6.45) is -1.49. The molecule has 0 saturated carbocycles. The summed E-state index contributed by atoms with van der Waals surface area (Å²) < 4.78 is 38.5. The van der Waals surface area contributed by atoms with Gasteiger partial charge in [0.2, 0.25) is 5.91 Å². The van der Waals surface area contributed by atoms with Crippen molar-refractivity contribution < 1.29 is 22.8 Å². The van der Waals surface area contributed by atoms with Gasteiger partial charge in [-0.3, -0.25) is 14.5 Å². The van der Waals surface area contributed by atoms with Gasteiger partial charge in [-0.05, 0) is 62.1 Å². The third-order valence-electron chi connectivity index (χ3n) is 6.87. The smallest absolute Gasteiger partial charge is 0.338 e. The molecular weight excluding hydrogens is 457 g/mol. The lowest BCUT2D eigenvalue weighted by atomic mass is 10.0. The molecule has 2 heterocycles. The average molecular weight is 489 g/mol. The third kappa shape index (κ3) is 6.21. The van der Waals surface area contributed by atoms with Crippen molar-refractivity contribution in [1.82, 2.24) is 9.80 Å². The number of carbonyl (C=O) groups is 2. The number of benzene rings is 2. The number of carbonyl (C=O) groups excluding carboxylic acids is 2. The van der Waals surface area contributed by atoms with Crippen molar-refractivity contribution in [2.75, 3.05) is 37.6 Å². The number of likely N-dealkylation sites (tertiary alicyclic amines) is 2. The molecule has 0 atom stereocenters. The number of para-hydroxylation sites is 1. The van der Waals surface area contributed by atoms with E-state index in [-0.39, 0.29) is 29.5 Å². The Bertz CT molecular complexity index is 998. The van der Waals surface area contributed by atoms with Gasteiger partial charge < -0.3 is 15.5 Å². The minimum Gasteiger partial charge on any atom is -0.338 e. The molecule has 2 amide bonds. The molecule has 2 aromatic carbocycles. The van der Waals surface area contributed by atoms with E-state index in [4.69, 9.17) is 5.73 Å². The van der Waals surface area contributed by atoms with Gasteiger partial charge in [0.25, 0.3) is 5.91 Å². The Balaban J connectivity index is 1.41. The highest BCUT2D eigenvalue weighted by Crippen LogP contribution is 2.30. The number of hydrogen-bond donors (Lipinski definition) is 1. The predicted octanol–water partition coefficient (Wildman–Crippen LogP) is 3.77. The molecule has 9 heteroatoms. The molecule has 0 aliphatic carbocycles. The summed E-state index contributed by atoms with van der Waals surface area (Å²) in [5, 5.41) is 0. The Hall–Kier alpha value is -2.91. The van der Waals surface area contributed by atoms with E-state index in [1.165, 1.54) is 12.1 Å². The first-order valence-electron chi connectivity index (χ1n) is 12.0. The summed E-state index contributed by atoms with van der Waals surface area (Å²) in [6.45, 7) is 2.79. The van der Waals surface area contributed by atoms with Gasteiger partial charge in [0.15, 0.2) is 0 Å². The van der Waals surface area contributed by atoms with Crippen LogP contribution >= 0.6 is 0 Å². The highest BCUT2D eigenvalue weighted by atomic mass is 19.4. The molecule has 188 valence electrons. The van der Waals surface area contributed by atoms with Gasteiger partial charge in [0.1, 0.15) is 0 Å². The Labute approximate surface area is 203 Å². The van der Waals surface area contributed by atoms with Crippen molar-refractivity contribution in [2.24, 2.45) is 5.73 Å². The zero-order valence-corrected chi connectivity index (χ0v) is 19.6. The molecule has 6 nitrogen and oxygen atoms in total. The number of halogens is 3. The summed E-state index contributed by atoms with van der Waals surface area (Å²) in [6, 6.07) is 14.0. The van der Waals surface area contributed by atoms with E-state index in [0.29, 0.717) is 32.5 Å². The van der Waals surface area contributed by atoms with Crippen LogP contribution in [0.3, 0.4) is 0 Å². The lowest BCUT2D eigenvalue weighted by Gasteiger charge is -2.40. The van der Waals surface area contributed by atoms with Gasteiger partial charge in [-0.25, -0.2) is 0 Å². The molecule has 4 rings (SSSR count). The highest BCUT2D eigenvalue weighted by molar-refractivity contribution is 5.96. The van der Waals surface area contributed by atoms with Gasteiger partial charge in [-0.2, -0.15) is 13.2 Å². The molecule has 35 heavy (non-hydrogen) atoms. The number of amides is 2. The molecule has 2 aliphatic heterocycles. The molecule has 0 bridgehead atoms. The van der Waals surface area contributed by atoms with Gasteiger partial charge in [-0.15, -0.1) is 0 Å². The predicted molar refractivity (Wildman–Crippen MR) is 128 cm³/mol. The van der Waals surface area contributed by atoms with Crippen LogP contribution in [0, 0.1) is 0 Å². The van der Waals surface area contributed by atoms with E-state index < -0.39 is 11.7 Å². The molecule has 2 saturated heterocycles. The van der Waals surface area contributed by atoms with Crippen LogP contribution in [-0.2, 0) is 11.0 Å². The molecule has 0 aromatic heterocycles. The van der Waals surface area contributed by atoms with Crippen LogP contribution in [0.5, 0.6) is 0 Å². The third-order valence-corrected chi connectivity index (χ3v) is 6.87. The second-order valence-corrected chi connectivity index (χ2v) is 9.31. The minimum atomic E-state index is -4.44. The first kappa shape index (κ1) is 25.2. The Morgan fingerprint density at radius 1 is 0.886 bits per heavy atom. The monoisotopic (exact) mass is 488 g/mol. The molecule has 2 aromatic rings. The van der Waals surface area contributed by atoms with E-state index >= 15 is 0 Å². The van der Waals surface area contributed by atoms with Crippen LogP contribution in [0.2, 0.25) is 0 Å². The topological polar surface area (TPSA) is 69.9 Å². The van der Waals surface area contributed by atoms with Crippen molar-refractivity contribution >= 4 is 17.5 Å². The van der Waals surface area contributed by atoms with Crippen LogP contribution in [0.4, 0.5) is 18.9 Å². The molecular formula is C26H31F3N4O2. The zero-order chi connectivity index (χ0) is 25.0. The number of piperidine rings is 2. The molecule has 2 aliphatic rings. The maximum absolute atomic E-state index is 13.4. The summed E-state index contributed by atoms with van der Waals surface area (Å²) >= 11 is 0. The number of hydrogen-bond acceptors (Lipinski definition) is 4. The van der Waals surface area contributed by atoms with Crippen molar-refractivity contribution in [1.29, 1.82) is 0 Å². The number of alkyl halides is 3. The first-order chi connectivity index (χ1) is 16.7. The average Bonchev–Trinajstić information content (AvgIpc) is 2.86. The largest absolute Gasteiger partial charge is 0.416 e. The van der Waals surface area contributed by atoms with Gasteiger partial charge >= 0.3 is 6.18 Å². The first-order valence-corrected chi connectivity index (χ1v) is 12.0. The summed E-state index contributed by atoms with van der Waals surface area (Å²) in [5.41, 5.74) is 6.28. The van der Waals surface area contributed by atoms with E-state index in [2.05, 4.69) is 4.90 Å². The summed E-state index contributed by atoms with van der Waals surface area (Å²) in [5.74, 6) is -0.265. The van der Waals surface area contributed by atoms with E-state index in [0.717, 1.165) is 43.8 Å². The van der Waals surface area contributed by atoms with Crippen molar-refractivity contribution in [3.63, 3.8) is 0 Å². The van der Waals surface area contributed by atoms with Crippen LogP contribution in [0.1, 0.15) is 41.6 Å². The van der Waals surface area contributed by atoms with E-state index in [1.54, 1.807) is 4.90 Å². The fraction of sp³-hybridized carbons (Fsp3) is 0.462. The highest BCUT2D eigenvalue weighted by Gasteiger charge is 2.33. The number of rotatable bonds is 5. The van der Waals surface area contributed by atoms with Crippen molar-refractivity contribution in [3.05, 3.63) is 65.7 Å². The second kappa shape index (κ2) is 10.8. The fourth-order valence-corrected chi connectivity index (χ4v) is 4.84. The molecule has 0 unspecified atom stereocenters.